The molecule has 0 spiro atoms. The lowest BCUT2D eigenvalue weighted by Crippen LogP contribution is -2.28. The van der Waals surface area contributed by atoms with Crippen LogP contribution in [0.1, 0.15) is 31.0 Å². The van der Waals surface area contributed by atoms with Crippen LogP contribution in [0.2, 0.25) is 0 Å². The molecule has 0 N–H and O–H groups in total. The minimum atomic E-state index is -0.346. The lowest BCUT2D eigenvalue weighted by molar-refractivity contribution is -0.125. The maximum absolute atomic E-state index is 13.5. The molecule has 1 aliphatic carbocycles. The van der Waals surface area contributed by atoms with Crippen molar-refractivity contribution in [3.63, 3.8) is 0 Å². The Balaban J connectivity index is 1.21. The number of halogens is 1. The molecule has 2 aromatic carbocycles. The first-order valence-electron chi connectivity index (χ1n) is 13.4. The number of fused-ring (bicyclic) bond motifs is 1. The number of rotatable bonds is 8. The second-order valence-corrected chi connectivity index (χ2v) is 10.3. The Labute approximate surface area is 226 Å². The average molecular weight is 527 g/mol. The minimum absolute atomic E-state index is 0.0256. The van der Waals surface area contributed by atoms with Crippen LogP contribution in [0.5, 0.6) is 11.5 Å². The van der Waals surface area contributed by atoms with Crippen molar-refractivity contribution < 1.29 is 13.9 Å². The van der Waals surface area contributed by atoms with Crippen LogP contribution >= 0.6 is 0 Å². The Hall–Kier alpha value is -4.11. The lowest BCUT2D eigenvalue weighted by atomic mass is 10.1. The number of carbonyl (C=O) groups excluding carboxylic acids is 1. The normalized spacial score (nSPS) is 17.5. The number of ether oxygens (including phenoxy) is 1. The number of hydrogen-bond acceptors (Lipinski definition) is 6. The van der Waals surface area contributed by atoms with E-state index in [-0.39, 0.29) is 17.8 Å². The highest BCUT2D eigenvalue weighted by atomic mass is 19.1. The van der Waals surface area contributed by atoms with Crippen molar-refractivity contribution in [3.05, 3.63) is 78.5 Å². The van der Waals surface area contributed by atoms with Gasteiger partial charge in [0, 0.05) is 43.4 Å². The first-order valence-corrected chi connectivity index (χ1v) is 13.4. The predicted octanol–water partition coefficient (Wildman–Crippen LogP) is 5.16. The molecule has 1 aliphatic heterocycles. The summed E-state index contributed by atoms with van der Waals surface area (Å²) in [6.07, 6.45) is 8.54. The number of likely N-dealkylation sites (tertiary alicyclic amines) is 1. The van der Waals surface area contributed by atoms with Crippen molar-refractivity contribution in [2.75, 3.05) is 26.7 Å². The molecule has 4 aromatic rings. The fourth-order valence-electron chi connectivity index (χ4n) is 5.15. The molecule has 2 fully saturated rings. The topological polar surface area (TPSA) is 76.4 Å². The van der Waals surface area contributed by atoms with Gasteiger partial charge in [-0.3, -0.25) is 9.69 Å². The number of amides is 1. The summed E-state index contributed by atoms with van der Waals surface area (Å²) in [4.78, 5) is 26.0. The molecule has 9 heteroatoms. The summed E-state index contributed by atoms with van der Waals surface area (Å²) >= 11 is 0. The molecule has 1 amide bonds. The molecule has 2 aromatic heterocycles. The van der Waals surface area contributed by atoms with Crippen molar-refractivity contribution in [1.82, 2.24) is 29.5 Å². The van der Waals surface area contributed by atoms with E-state index in [1.165, 1.54) is 25.0 Å². The van der Waals surface area contributed by atoms with Crippen LogP contribution in [-0.2, 0) is 4.79 Å². The molecule has 8 nitrogen and oxygen atoms in total. The Morgan fingerprint density at radius 1 is 1.13 bits per heavy atom. The molecule has 0 unspecified atom stereocenters. The standard InChI is InChI=1S/C30H31FN6O2/c1-20-28-29(21-8-12-25(13-9-21)39-26-6-3-5-22(31)17-26)34-37(30(28)33-19-32-20)24-14-16-36(18-24)27(38)7-4-15-35(2)23-10-11-23/h3-9,12-13,17,19,23-24H,10-11,14-16,18H2,1-2H3/b7-4+/t24-/m1/s1. The Kier molecular flexibility index (Phi) is 6.83. The van der Waals surface area contributed by atoms with Gasteiger partial charge in [0.15, 0.2) is 5.65 Å². The number of likely N-dealkylation sites (N-methyl/N-ethyl adjacent to an activating group) is 1. The highest BCUT2D eigenvalue weighted by Crippen LogP contribution is 2.34. The molecule has 2 aliphatic rings. The third-order valence-corrected chi connectivity index (χ3v) is 7.48. The number of aryl methyl sites for hydroxylation is 1. The first-order chi connectivity index (χ1) is 19.0. The van der Waals surface area contributed by atoms with E-state index in [0.717, 1.165) is 41.0 Å². The highest BCUT2D eigenvalue weighted by molar-refractivity contribution is 5.93. The molecule has 1 atom stereocenters. The van der Waals surface area contributed by atoms with Gasteiger partial charge in [0.05, 0.1) is 17.1 Å². The van der Waals surface area contributed by atoms with E-state index in [1.54, 1.807) is 24.5 Å². The average Bonchev–Trinajstić information content (AvgIpc) is 3.54. The Morgan fingerprint density at radius 2 is 1.95 bits per heavy atom. The fourth-order valence-corrected chi connectivity index (χ4v) is 5.15. The zero-order valence-electron chi connectivity index (χ0n) is 22.1. The third kappa shape index (κ3) is 5.40. The van der Waals surface area contributed by atoms with E-state index in [4.69, 9.17) is 9.84 Å². The minimum Gasteiger partial charge on any atom is -0.457 e. The summed E-state index contributed by atoms with van der Waals surface area (Å²) in [7, 11) is 2.10. The fraction of sp³-hybridized carbons (Fsp3) is 0.333. The molecule has 1 saturated carbocycles. The smallest absolute Gasteiger partial charge is 0.246 e. The van der Waals surface area contributed by atoms with E-state index in [1.807, 2.05) is 46.8 Å². The van der Waals surface area contributed by atoms with Crippen LogP contribution < -0.4 is 4.74 Å². The van der Waals surface area contributed by atoms with Gasteiger partial charge in [0.2, 0.25) is 5.91 Å². The van der Waals surface area contributed by atoms with Crippen LogP contribution in [0.4, 0.5) is 4.39 Å². The van der Waals surface area contributed by atoms with Crippen molar-refractivity contribution in [2.24, 2.45) is 0 Å². The zero-order valence-corrected chi connectivity index (χ0v) is 22.1. The van der Waals surface area contributed by atoms with Gasteiger partial charge in [0.1, 0.15) is 29.3 Å². The van der Waals surface area contributed by atoms with Gasteiger partial charge in [-0.05, 0) is 69.6 Å². The second-order valence-electron chi connectivity index (χ2n) is 10.3. The van der Waals surface area contributed by atoms with Crippen molar-refractivity contribution in [1.29, 1.82) is 0 Å². The molecule has 39 heavy (non-hydrogen) atoms. The lowest BCUT2D eigenvalue weighted by Gasteiger charge is -2.16. The number of nitrogens with zero attached hydrogens (tertiary/aromatic N) is 6. The second kappa shape index (κ2) is 10.6. The van der Waals surface area contributed by atoms with Gasteiger partial charge >= 0.3 is 0 Å². The summed E-state index contributed by atoms with van der Waals surface area (Å²) in [5, 5.41) is 5.89. The molecule has 0 bridgehead atoms. The van der Waals surface area contributed by atoms with Gasteiger partial charge in [-0.1, -0.05) is 12.1 Å². The van der Waals surface area contributed by atoms with Crippen LogP contribution in [0, 0.1) is 12.7 Å². The third-order valence-electron chi connectivity index (χ3n) is 7.48. The SMILES string of the molecule is Cc1ncnc2c1c(-c1ccc(Oc3cccc(F)c3)cc1)nn2[C@@H]1CCN(C(=O)/C=C/CN(C)C2CC2)C1. The number of carbonyl (C=O) groups is 1. The maximum Gasteiger partial charge on any atom is 0.246 e. The molecule has 3 heterocycles. The summed E-state index contributed by atoms with van der Waals surface area (Å²) in [5.41, 5.74) is 3.29. The van der Waals surface area contributed by atoms with Crippen molar-refractivity contribution >= 4 is 16.9 Å². The van der Waals surface area contributed by atoms with Crippen LogP contribution in [0.15, 0.2) is 67.0 Å². The first kappa shape index (κ1) is 25.2. The summed E-state index contributed by atoms with van der Waals surface area (Å²) in [6, 6.07) is 14.3. The summed E-state index contributed by atoms with van der Waals surface area (Å²) < 4.78 is 21.3. The van der Waals surface area contributed by atoms with Gasteiger partial charge < -0.3 is 9.64 Å². The van der Waals surface area contributed by atoms with Crippen LogP contribution in [0.25, 0.3) is 22.3 Å². The molecule has 200 valence electrons. The van der Waals surface area contributed by atoms with E-state index >= 15 is 0 Å². The Bertz CT molecular complexity index is 1530. The van der Waals surface area contributed by atoms with E-state index < -0.39 is 0 Å². The molecular weight excluding hydrogens is 495 g/mol. The van der Waals surface area contributed by atoms with Gasteiger partial charge in [-0.15, -0.1) is 0 Å². The van der Waals surface area contributed by atoms with Gasteiger partial charge in [-0.25, -0.2) is 19.0 Å². The van der Waals surface area contributed by atoms with Crippen molar-refractivity contribution in [2.45, 2.75) is 38.3 Å². The van der Waals surface area contributed by atoms with E-state index in [0.29, 0.717) is 30.6 Å². The zero-order chi connectivity index (χ0) is 26.9. The highest BCUT2D eigenvalue weighted by Gasteiger charge is 2.30. The number of benzene rings is 2. The molecule has 6 rings (SSSR count). The largest absolute Gasteiger partial charge is 0.457 e. The quantitative estimate of drug-likeness (QED) is 0.295. The van der Waals surface area contributed by atoms with Gasteiger partial charge in [0.25, 0.3) is 0 Å². The van der Waals surface area contributed by atoms with Gasteiger partial charge in [-0.2, -0.15) is 5.10 Å². The van der Waals surface area contributed by atoms with E-state index in [2.05, 4.69) is 21.9 Å². The van der Waals surface area contributed by atoms with Crippen LogP contribution in [0.3, 0.4) is 0 Å². The molecular formula is C30H31FN6O2. The number of aromatic nitrogens is 4. The summed E-state index contributed by atoms with van der Waals surface area (Å²) in [5.74, 6) is 0.730. The Morgan fingerprint density at radius 3 is 2.72 bits per heavy atom. The van der Waals surface area contributed by atoms with Crippen molar-refractivity contribution in [3.8, 4) is 22.8 Å². The monoisotopic (exact) mass is 526 g/mol. The van der Waals surface area contributed by atoms with Crippen LogP contribution in [-0.4, -0.2) is 68.2 Å². The molecule has 1 saturated heterocycles. The molecule has 0 radical (unpaired) electrons. The predicted molar refractivity (Wildman–Crippen MR) is 147 cm³/mol. The number of hydrogen-bond donors (Lipinski definition) is 0. The summed E-state index contributed by atoms with van der Waals surface area (Å²) in [6.45, 7) is 4.01. The maximum atomic E-state index is 13.5. The van der Waals surface area contributed by atoms with E-state index in [9.17, 15) is 9.18 Å².